The fourth-order valence-electron chi connectivity index (χ4n) is 4.00. The van der Waals surface area contributed by atoms with Crippen LogP contribution in [0.1, 0.15) is 49.4 Å². The van der Waals surface area contributed by atoms with E-state index < -0.39 is 0 Å². The highest BCUT2D eigenvalue weighted by atomic mass is 32.2. The number of nitrogen functional groups attached to an aromatic ring is 2. The molecule has 0 atom stereocenters. The molecule has 4 rings (SSSR count). The van der Waals surface area contributed by atoms with Crippen LogP contribution in [0.4, 0.5) is 11.4 Å². The molecule has 4 aromatic rings. The minimum absolute atomic E-state index is 0.183. The normalized spacial score (nSPS) is 11.3. The van der Waals surface area contributed by atoms with Crippen molar-refractivity contribution in [3.05, 3.63) is 103 Å². The van der Waals surface area contributed by atoms with E-state index in [4.69, 9.17) is 21.3 Å². The fourth-order valence-corrected chi connectivity index (χ4v) is 4.84. The van der Waals surface area contributed by atoms with E-state index in [0.717, 1.165) is 46.6 Å². The van der Waals surface area contributed by atoms with Gasteiger partial charge < -0.3 is 11.5 Å². The van der Waals surface area contributed by atoms with Crippen molar-refractivity contribution in [2.75, 3.05) is 11.5 Å². The molecule has 0 unspecified atom stereocenters. The van der Waals surface area contributed by atoms with Gasteiger partial charge in [-0.1, -0.05) is 68.3 Å². The van der Waals surface area contributed by atoms with Crippen molar-refractivity contribution in [3.63, 3.8) is 0 Å². The summed E-state index contributed by atoms with van der Waals surface area (Å²) in [5.41, 5.74) is 15.5. The average Bonchev–Trinajstić information content (AvgIpc) is 2.96. The lowest BCUT2D eigenvalue weighted by Crippen LogP contribution is -2.15. The van der Waals surface area contributed by atoms with Gasteiger partial charge in [0, 0.05) is 38.4 Å². The van der Waals surface area contributed by atoms with Crippen molar-refractivity contribution in [2.24, 2.45) is 5.16 Å². The van der Waals surface area contributed by atoms with Crippen molar-refractivity contribution in [1.29, 1.82) is 0 Å². The van der Waals surface area contributed by atoms with Gasteiger partial charge in [0.1, 0.15) is 5.71 Å². The van der Waals surface area contributed by atoms with Gasteiger partial charge in [0.25, 0.3) is 0 Å². The zero-order valence-electron chi connectivity index (χ0n) is 22.0. The van der Waals surface area contributed by atoms with Crippen LogP contribution in [-0.4, -0.2) is 11.5 Å². The number of unbranched alkanes of at least 4 members (excludes halogenated alkanes) is 3. The maximum atomic E-state index is 13.4. The standard InChI is InChI=1S/C32H33N3O3S/c1-2-3-4-8-11-30(32(36)24-14-19-28(20-15-24)39-27-9-6-5-7-10-27)35-38-37-31-22-26(34)18-21-29(31)23-12-16-25(33)17-13-23/h5-7,9-10,12-22H,2-4,8,11,33-34H2,1H3. The van der Waals surface area contributed by atoms with Gasteiger partial charge in [0.2, 0.25) is 5.78 Å². The molecule has 0 aliphatic carbocycles. The summed E-state index contributed by atoms with van der Waals surface area (Å²) in [5, 5.41) is 4.14. The van der Waals surface area contributed by atoms with Gasteiger partial charge in [-0.2, -0.15) is 4.99 Å². The number of benzene rings is 4. The Hall–Kier alpha value is -4.23. The van der Waals surface area contributed by atoms with E-state index in [1.54, 1.807) is 23.9 Å². The quantitative estimate of drug-likeness (QED) is 0.0444. The summed E-state index contributed by atoms with van der Waals surface area (Å²) in [4.78, 5) is 26.5. The second-order valence-corrected chi connectivity index (χ2v) is 10.3. The number of carbonyl (C=O) groups excluding carboxylic acids is 1. The van der Waals surface area contributed by atoms with Crippen molar-refractivity contribution in [3.8, 4) is 16.9 Å². The van der Waals surface area contributed by atoms with Crippen LogP contribution >= 0.6 is 11.8 Å². The van der Waals surface area contributed by atoms with Crippen LogP contribution in [0.15, 0.2) is 112 Å². The highest BCUT2D eigenvalue weighted by Gasteiger charge is 2.16. The molecule has 0 spiro atoms. The Morgan fingerprint density at radius 3 is 2.21 bits per heavy atom. The maximum absolute atomic E-state index is 13.4. The van der Waals surface area contributed by atoms with Crippen LogP contribution in [0.5, 0.6) is 5.75 Å². The Balaban J connectivity index is 1.50. The predicted molar refractivity (Wildman–Crippen MR) is 160 cm³/mol. The first kappa shape index (κ1) is 27.8. The van der Waals surface area contributed by atoms with Crippen LogP contribution in [0.25, 0.3) is 11.1 Å². The molecule has 4 aromatic carbocycles. The van der Waals surface area contributed by atoms with Crippen LogP contribution in [0.3, 0.4) is 0 Å². The number of rotatable bonds is 13. The van der Waals surface area contributed by atoms with E-state index in [2.05, 4.69) is 24.2 Å². The van der Waals surface area contributed by atoms with E-state index in [1.807, 2.05) is 72.8 Å². The number of anilines is 2. The minimum Gasteiger partial charge on any atom is -0.399 e. The number of nitrogens with two attached hydrogens (primary N) is 2. The molecular weight excluding hydrogens is 506 g/mol. The molecule has 0 heterocycles. The van der Waals surface area contributed by atoms with Gasteiger partial charge in [0.15, 0.2) is 5.75 Å². The Labute approximate surface area is 233 Å². The molecule has 7 heteroatoms. The molecule has 39 heavy (non-hydrogen) atoms. The van der Waals surface area contributed by atoms with Crippen molar-refractivity contribution in [2.45, 2.75) is 48.8 Å². The third-order valence-corrected chi connectivity index (χ3v) is 7.14. The monoisotopic (exact) mass is 539 g/mol. The third kappa shape index (κ3) is 8.12. The Kier molecular flexibility index (Phi) is 10.0. The van der Waals surface area contributed by atoms with Crippen LogP contribution in [-0.2, 0) is 4.99 Å². The summed E-state index contributed by atoms with van der Waals surface area (Å²) < 4.78 is 0. The molecule has 4 N–H and O–H groups in total. The van der Waals surface area contributed by atoms with E-state index in [0.29, 0.717) is 34.8 Å². The van der Waals surface area contributed by atoms with Crippen LogP contribution in [0, 0.1) is 0 Å². The average molecular weight is 540 g/mol. The number of oxime groups is 1. The first-order valence-corrected chi connectivity index (χ1v) is 13.9. The lowest BCUT2D eigenvalue weighted by molar-refractivity contribution is -0.206. The molecule has 0 aliphatic rings. The highest BCUT2D eigenvalue weighted by molar-refractivity contribution is 7.99. The largest absolute Gasteiger partial charge is 0.399 e. The molecule has 200 valence electrons. The molecule has 0 radical (unpaired) electrons. The Morgan fingerprint density at radius 2 is 1.49 bits per heavy atom. The lowest BCUT2D eigenvalue weighted by atomic mass is 10.0. The van der Waals surface area contributed by atoms with Gasteiger partial charge in [-0.25, -0.2) is 0 Å². The van der Waals surface area contributed by atoms with Crippen LogP contribution < -0.4 is 16.4 Å². The summed E-state index contributed by atoms with van der Waals surface area (Å²) in [6.07, 6.45) is 4.53. The maximum Gasteiger partial charge on any atom is 0.210 e. The number of Topliss-reactive ketones (excluding diaryl/α,β-unsaturated/α-hetero) is 1. The summed E-state index contributed by atoms with van der Waals surface area (Å²) in [6, 6.07) is 30.3. The number of ketones is 1. The molecule has 0 bridgehead atoms. The molecule has 6 nitrogen and oxygen atoms in total. The first-order valence-electron chi connectivity index (χ1n) is 13.1. The summed E-state index contributed by atoms with van der Waals surface area (Å²) in [7, 11) is 0. The third-order valence-electron chi connectivity index (χ3n) is 6.13. The fraction of sp³-hybridized carbons (Fsp3) is 0.188. The zero-order chi connectivity index (χ0) is 27.5. The number of nitrogens with zero attached hydrogens (tertiary/aromatic N) is 1. The van der Waals surface area contributed by atoms with E-state index >= 15 is 0 Å². The Bertz CT molecular complexity index is 1390. The first-order chi connectivity index (χ1) is 19.0. The second-order valence-electron chi connectivity index (χ2n) is 9.15. The van der Waals surface area contributed by atoms with Gasteiger partial charge in [-0.3, -0.25) is 9.68 Å². The van der Waals surface area contributed by atoms with Gasteiger partial charge in [0.05, 0.1) is 0 Å². The summed E-state index contributed by atoms with van der Waals surface area (Å²) in [6.45, 7) is 2.15. The summed E-state index contributed by atoms with van der Waals surface area (Å²) >= 11 is 1.65. The van der Waals surface area contributed by atoms with E-state index in [9.17, 15) is 4.79 Å². The number of hydrogen-bond acceptors (Lipinski definition) is 7. The van der Waals surface area contributed by atoms with Crippen molar-refractivity contribution < 1.29 is 14.7 Å². The molecule has 0 saturated heterocycles. The van der Waals surface area contributed by atoms with Crippen molar-refractivity contribution in [1.82, 2.24) is 0 Å². The predicted octanol–water partition coefficient (Wildman–Crippen LogP) is 8.19. The highest BCUT2D eigenvalue weighted by Crippen LogP contribution is 2.33. The lowest BCUT2D eigenvalue weighted by Gasteiger charge is -2.10. The van der Waals surface area contributed by atoms with E-state index in [-0.39, 0.29) is 5.78 Å². The van der Waals surface area contributed by atoms with Gasteiger partial charge >= 0.3 is 0 Å². The second kappa shape index (κ2) is 14.1. The molecular formula is C32H33N3O3S. The Morgan fingerprint density at radius 1 is 0.795 bits per heavy atom. The smallest absolute Gasteiger partial charge is 0.210 e. The molecule has 0 amide bonds. The van der Waals surface area contributed by atoms with E-state index in [1.165, 1.54) is 0 Å². The van der Waals surface area contributed by atoms with Crippen molar-refractivity contribution >= 4 is 34.6 Å². The topological polar surface area (TPSA) is 99.9 Å². The molecule has 0 fully saturated rings. The molecule has 0 aromatic heterocycles. The summed E-state index contributed by atoms with van der Waals surface area (Å²) in [5.74, 6) is 0.210. The van der Waals surface area contributed by atoms with Gasteiger partial charge in [-0.05, 0) is 84.2 Å². The van der Waals surface area contributed by atoms with Crippen LogP contribution in [0.2, 0.25) is 0 Å². The van der Waals surface area contributed by atoms with Gasteiger partial charge in [-0.15, -0.1) is 0 Å². The number of hydrogen-bond donors (Lipinski definition) is 2. The molecule has 0 saturated carbocycles. The number of carbonyl (C=O) groups is 1. The minimum atomic E-state index is -0.183. The SMILES string of the molecule is CCCCCCC(=NOOc1cc(N)ccc1-c1ccc(N)cc1)C(=O)c1ccc(Sc2ccccc2)cc1. The molecule has 0 aliphatic heterocycles. The zero-order valence-corrected chi connectivity index (χ0v) is 22.8.